The number of hydrogen-bond acceptors (Lipinski definition) is 4. The number of morpholine rings is 1. The molecule has 1 fully saturated rings. The molecule has 0 amide bonds. The molecular weight excluding hydrogens is 242 g/mol. The minimum absolute atomic E-state index is 0.190. The van der Waals surface area contributed by atoms with Crippen molar-refractivity contribution in [3.05, 3.63) is 23.3 Å². The number of fused-ring (bicyclic) bond motifs is 2. The van der Waals surface area contributed by atoms with E-state index >= 15 is 0 Å². The van der Waals surface area contributed by atoms with E-state index in [-0.39, 0.29) is 5.97 Å². The molecule has 1 aliphatic heterocycles. The van der Waals surface area contributed by atoms with Gasteiger partial charge >= 0.3 is 5.97 Å². The van der Waals surface area contributed by atoms with Crippen LogP contribution in [0.25, 0.3) is 0 Å². The smallest absolute Gasteiger partial charge is 0.302 e. The number of esters is 1. The van der Waals surface area contributed by atoms with Crippen LogP contribution in [0, 0.1) is 11.8 Å². The molecule has 4 heteroatoms. The third-order valence-corrected chi connectivity index (χ3v) is 4.32. The lowest BCUT2D eigenvalue weighted by Crippen LogP contribution is -2.38. The lowest BCUT2D eigenvalue weighted by molar-refractivity contribution is -0.140. The van der Waals surface area contributed by atoms with Crippen LogP contribution in [0.5, 0.6) is 0 Å². The lowest BCUT2D eigenvalue weighted by atomic mass is 9.97. The van der Waals surface area contributed by atoms with E-state index in [9.17, 15) is 4.79 Å². The first-order valence-corrected chi connectivity index (χ1v) is 7.07. The second kappa shape index (κ2) is 5.47. The van der Waals surface area contributed by atoms with E-state index in [0.29, 0.717) is 18.4 Å². The van der Waals surface area contributed by atoms with Crippen LogP contribution in [-0.2, 0) is 14.3 Å². The molecule has 19 heavy (non-hydrogen) atoms. The Balaban J connectivity index is 1.69. The van der Waals surface area contributed by atoms with E-state index < -0.39 is 0 Å². The summed E-state index contributed by atoms with van der Waals surface area (Å²) in [6, 6.07) is 0. The standard InChI is InChI=1S/C15H21NO3/c1-11(17)19-10-15-13-3-2-12(8-13)14(15)9-16-4-6-18-7-5-16/h2-3,12-13H,4-10H2,1H3/t12-,13+/m0/s1. The van der Waals surface area contributed by atoms with Gasteiger partial charge < -0.3 is 9.47 Å². The molecular formula is C15H21NO3. The van der Waals surface area contributed by atoms with Crippen molar-refractivity contribution in [2.24, 2.45) is 11.8 Å². The summed E-state index contributed by atoms with van der Waals surface area (Å²) in [7, 11) is 0. The predicted octanol–water partition coefficient (Wildman–Crippen LogP) is 1.38. The fraction of sp³-hybridized carbons (Fsp3) is 0.667. The maximum absolute atomic E-state index is 11.0. The number of carbonyl (C=O) groups excluding carboxylic acids is 1. The summed E-state index contributed by atoms with van der Waals surface area (Å²) in [5.41, 5.74) is 2.82. The summed E-state index contributed by atoms with van der Waals surface area (Å²) in [6.45, 7) is 6.63. The highest BCUT2D eigenvalue weighted by Crippen LogP contribution is 2.44. The van der Waals surface area contributed by atoms with Crippen LogP contribution in [0.3, 0.4) is 0 Å². The van der Waals surface area contributed by atoms with E-state index in [1.165, 1.54) is 24.5 Å². The Morgan fingerprint density at radius 1 is 1.32 bits per heavy atom. The minimum Gasteiger partial charge on any atom is -0.461 e. The van der Waals surface area contributed by atoms with Gasteiger partial charge in [0.25, 0.3) is 0 Å². The summed E-state index contributed by atoms with van der Waals surface area (Å²) in [5.74, 6) is 0.878. The Kier molecular flexibility index (Phi) is 3.71. The molecule has 2 atom stereocenters. The van der Waals surface area contributed by atoms with Crippen LogP contribution in [0.2, 0.25) is 0 Å². The van der Waals surface area contributed by atoms with Crippen molar-refractivity contribution >= 4 is 5.97 Å². The fourth-order valence-electron chi connectivity index (χ4n) is 3.29. The van der Waals surface area contributed by atoms with Gasteiger partial charge in [-0.05, 0) is 17.6 Å². The Hall–Kier alpha value is -1.13. The second-order valence-corrected chi connectivity index (χ2v) is 5.55. The zero-order chi connectivity index (χ0) is 13.2. The van der Waals surface area contributed by atoms with Gasteiger partial charge in [0.2, 0.25) is 0 Å². The highest BCUT2D eigenvalue weighted by Gasteiger charge is 2.36. The van der Waals surface area contributed by atoms with Gasteiger partial charge in [-0.3, -0.25) is 9.69 Å². The number of rotatable bonds is 4. The number of nitrogens with zero attached hydrogens (tertiary/aromatic N) is 1. The largest absolute Gasteiger partial charge is 0.461 e. The van der Waals surface area contributed by atoms with Crippen LogP contribution in [0.4, 0.5) is 0 Å². The van der Waals surface area contributed by atoms with Crippen molar-refractivity contribution in [1.29, 1.82) is 0 Å². The number of carbonyl (C=O) groups is 1. The van der Waals surface area contributed by atoms with Gasteiger partial charge in [-0.2, -0.15) is 0 Å². The quantitative estimate of drug-likeness (QED) is 0.567. The van der Waals surface area contributed by atoms with Crippen molar-refractivity contribution in [3.8, 4) is 0 Å². The first kappa shape index (κ1) is 12.9. The summed E-state index contributed by atoms with van der Waals surface area (Å²) >= 11 is 0. The Morgan fingerprint density at radius 3 is 2.68 bits per heavy atom. The average molecular weight is 263 g/mol. The van der Waals surface area contributed by atoms with Gasteiger partial charge in [-0.15, -0.1) is 0 Å². The molecule has 0 aromatic rings. The Bertz CT molecular complexity index is 421. The first-order chi connectivity index (χ1) is 9.24. The van der Waals surface area contributed by atoms with E-state index in [4.69, 9.17) is 9.47 Å². The molecule has 2 bridgehead atoms. The number of ether oxygens (including phenoxy) is 2. The summed E-state index contributed by atoms with van der Waals surface area (Å²) in [5, 5.41) is 0. The first-order valence-electron chi connectivity index (χ1n) is 7.07. The predicted molar refractivity (Wildman–Crippen MR) is 71.7 cm³/mol. The van der Waals surface area contributed by atoms with Crippen molar-refractivity contribution in [2.45, 2.75) is 13.3 Å². The second-order valence-electron chi connectivity index (χ2n) is 5.55. The molecule has 1 heterocycles. The van der Waals surface area contributed by atoms with Gasteiger partial charge in [0, 0.05) is 38.4 Å². The topological polar surface area (TPSA) is 38.8 Å². The fourth-order valence-corrected chi connectivity index (χ4v) is 3.29. The average Bonchev–Trinajstić information content (AvgIpc) is 2.99. The SMILES string of the molecule is CC(=O)OCC1=C(CN2CCOCC2)[C@H]2C=C[C@@H]1C2. The van der Waals surface area contributed by atoms with E-state index in [1.54, 1.807) is 0 Å². The molecule has 0 aromatic heterocycles. The van der Waals surface area contributed by atoms with Gasteiger partial charge in [-0.25, -0.2) is 0 Å². The minimum atomic E-state index is -0.190. The normalized spacial score (nSPS) is 30.2. The van der Waals surface area contributed by atoms with E-state index in [2.05, 4.69) is 17.1 Å². The summed E-state index contributed by atoms with van der Waals surface area (Å²) < 4.78 is 10.6. The third kappa shape index (κ3) is 2.74. The molecule has 2 aliphatic carbocycles. The maximum Gasteiger partial charge on any atom is 0.302 e. The molecule has 0 radical (unpaired) electrons. The van der Waals surface area contributed by atoms with Crippen LogP contribution in [-0.4, -0.2) is 50.3 Å². The van der Waals surface area contributed by atoms with Gasteiger partial charge in [0.05, 0.1) is 13.2 Å². The van der Waals surface area contributed by atoms with E-state index in [0.717, 1.165) is 32.8 Å². The van der Waals surface area contributed by atoms with E-state index in [1.807, 2.05) is 0 Å². The van der Waals surface area contributed by atoms with Crippen LogP contribution < -0.4 is 0 Å². The number of allylic oxidation sites excluding steroid dienone is 2. The van der Waals surface area contributed by atoms with Crippen molar-refractivity contribution < 1.29 is 14.3 Å². The van der Waals surface area contributed by atoms with Gasteiger partial charge in [0.15, 0.2) is 0 Å². The summed E-state index contributed by atoms with van der Waals surface area (Å²) in [4.78, 5) is 13.5. The van der Waals surface area contributed by atoms with Crippen LogP contribution >= 0.6 is 0 Å². The Morgan fingerprint density at radius 2 is 2.00 bits per heavy atom. The van der Waals surface area contributed by atoms with Gasteiger partial charge in [-0.1, -0.05) is 12.2 Å². The summed E-state index contributed by atoms with van der Waals surface area (Å²) in [6.07, 6.45) is 5.76. The van der Waals surface area contributed by atoms with Gasteiger partial charge in [0.1, 0.15) is 6.61 Å². The van der Waals surface area contributed by atoms with Crippen LogP contribution in [0.1, 0.15) is 13.3 Å². The lowest BCUT2D eigenvalue weighted by Gasteiger charge is -2.29. The van der Waals surface area contributed by atoms with Crippen LogP contribution in [0.15, 0.2) is 23.3 Å². The van der Waals surface area contributed by atoms with Crippen molar-refractivity contribution in [3.63, 3.8) is 0 Å². The number of hydrogen-bond donors (Lipinski definition) is 0. The third-order valence-electron chi connectivity index (χ3n) is 4.32. The molecule has 3 rings (SSSR count). The molecule has 0 N–H and O–H groups in total. The highest BCUT2D eigenvalue weighted by molar-refractivity contribution is 5.66. The molecule has 1 saturated heterocycles. The van der Waals surface area contributed by atoms with Crippen molar-refractivity contribution in [1.82, 2.24) is 4.90 Å². The highest BCUT2D eigenvalue weighted by atomic mass is 16.5. The molecule has 4 nitrogen and oxygen atoms in total. The molecule has 3 aliphatic rings. The molecule has 0 spiro atoms. The monoisotopic (exact) mass is 263 g/mol. The molecule has 0 aromatic carbocycles. The zero-order valence-corrected chi connectivity index (χ0v) is 11.4. The maximum atomic E-state index is 11.0. The molecule has 0 unspecified atom stereocenters. The van der Waals surface area contributed by atoms with Crippen molar-refractivity contribution in [2.75, 3.05) is 39.5 Å². The Labute approximate surface area is 114 Å². The molecule has 0 saturated carbocycles. The molecule has 104 valence electrons. The zero-order valence-electron chi connectivity index (χ0n) is 11.4.